The van der Waals surface area contributed by atoms with E-state index in [-0.39, 0.29) is 43.3 Å². The van der Waals surface area contributed by atoms with Crippen LogP contribution in [0.4, 0.5) is 10.1 Å². The van der Waals surface area contributed by atoms with Crippen molar-refractivity contribution in [3.8, 4) is 0 Å². The summed E-state index contributed by atoms with van der Waals surface area (Å²) in [6.07, 6.45) is 4.31. The number of aliphatic hydroxyl groups excluding tert-OH is 1. The summed E-state index contributed by atoms with van der Waals surface area (Å²) in [6.45, 7) is 3.84. The number of fused-ring (bicyclic) bond motifs is 1. The third kappa shape index (κ3) is 10.1. The molecule has 0 spiro atoms. The van der Waals surface area contributed by atoms with Crippen LogP contribution in [0.25, 0.3) is 11.6 Å². The highest BCUT2D eigenvalue weighted by molar-refractivity contribution is 7.33. The van der Waals surface area contributed by atoms with E-state index in [1.54, 1.807) is 6.08 Å². The van der Waals surface area contributed by atoms with E-state index >= 15 is 0 Å². The minimum absolute atomic E-state index is 0.0805. The zero-order valence-electron chi connectivity index (χ0n) is 26.1. The van der Waals surface area contributed by atoms with Gasteiger partial charge in [-0.05, 0) is 90.9 Å². The lowest BCUT2D eigenvalue weighted by atomic mass is 10.0. The summed E-state index contributed by atoms with van der Waals surface area (Å²) in [5.74, 6) is -1.68. The van der Waals surface area contributed by atoms with Crippen LogP contribution < -0.4 is 21.2 Å². The van der Waals surface area contributed by atoms with Crippen LogP contribution >= 0.6 is 19.6 Å². The molecule has 3 heterocycles. The molecule has 47 heavy (non-hydrogen) atoms. The van der Waals surface area contributed by atoms with Crippen molar-refractivity contribution in [2.75, 3.05) is 25.1 Å². The van der Waals surface area contributed by atoms with Crippen LogP contribution in [0.3, 0.4) is 0 Å². The monoisotopic (exact) mass is 688 g/mol. The van der Waals surface area contributed by atoms with Gasteiger partial charge in [-0.25, -0.2) is 4.39 Å². The smallest absolute Gasteiger partial charge is 0.672 e. The van der Waals surface area contributed by atoms with Crippen LogP contribution in [0.1, 0.15) is 59.3 Å². The van der Waals surface area contributed by atoms with E-state index in [4.69, 9.17) is 4.52 Å². The quantitative estimate of drug-likeness (QED) is 0.0439. The summed E-state index contributed by atoms with van der Waals surface area (Å²) in [5, 5.41) is 31.9. The fourth-order valence-corrected chi connectivity index (χ4v) is 6.51. The summed E-state index contributed by atoms with van der Waals surface area (Å²) in [5.41, 5.74) is 5.64. The van der Waals surface area contributed by atoms with Gasteiger partial charge >= 0.3 is 8.25 Å². The lowest BCUT2D eigenvalue weighted by Crippen LogP contribution is -2.48. The van der Waals surface area contributed by atoms with Crippen LogP contribution in [0.5, 0.6) is 0 Å². The summed E-state index contributed by atoms with van der Waals surface area (Å²) < 4.78 is 33.0. The molecule has 3 amide bonds. The Bertz CT molecular complexity index is 1610. The number of unbranched alkanes of at least 4 members (excludes halogenated alkanes) is 1. The Labute approximate surface area is 276 Å². The van der Waals surface area contributed by atoms with Gasteiger partial charge in [0.15, 0.2) is 0 Å². The molecule has 0 aliphatic carbocycles. The number of aromatic nitrogens is 1. The molecule has 252 valence electrons. The summed E-state index contributed by atoms with van der Waals surface area (Å²) in [6, 6.07) is 5.26. The SMILES string of the molecule is Cc1[nH]c(/C=C2\C(=O)Nc3ccc(F)cc32)c(C)c1CCC(=O)NC(Cc1ccsc1)C(=O)NCCCCC(CO)CO[P+](=O)O[O-]. The number of nitrogens with one attached hydrogen (secondary N) is 4. The van der Waals surface area contributed by atoms with Gasteiger partial charge in [-0.3, -0.25) is 14.4 Å². The molecular formula is C32H38FN4O8PS. The second kappa shape index (κ2) is 17.4. The maximum absolute atomic E-state index is 13.9. The van der Waals surface area contributed by atoms with E-state index in [0.29, 0.717) is 61.2 Å². The van der Waals surface area contributed by atoms with Gasteiger partial charge in [0.05, 0.1) is 5.57 Å². The standard InChI is InChI=1S/C32H38FN4O8PS/c1-19-24(20(2)35-28(19)15-26-25-14-23(33)6-8-27(25)37-31(26)40)7-9-30(39)36-29(13-21-10-12-47-18-21)32(41)34-11-4-3-5-22(16-38)17-44-46(43)45-42/h6,8,10,12,14-15,18,22,29,35,38H,3-5,7,9,11,13,16-17H2,1-2H3,(H3-,34,36,37,39,40,41,42)/b26-15-. The van der Waals surface area contributed by atoms with Gasteiger partial charge in [0.2, 0.25) is 11.8 Å². The first-order chi connectivity index (χ1) is 22.6. The zero-order valence-corrected chi connectivity index (χ0v) is 27.8. The number of H-pyrrole nitrogens is 1. The Balaban J connectivity index is 1.32. The predicted molar refractivity (Wildman–Crippen MR) is 174 cm³/mol. The van der Waals surface area contributed by atoms with Crippen molar-refractivity contribution < 1.29 is 42.9 Å². The number of halogens is 1. The first-order valence-electron chi connectivity index (χ1n) is 15.2. The number of aryl methyl sites for hydroxylation is 1. The Kier molecular flexibility index (Phi) is 13.3. The van der Waals surface area contributed by atoms with Crippen LogP contribution in [0.2, 0.25) is 0 Å². The van der Waals surface area contributed by atoms with E-state index in [9.17, 15) is 33.7 Å². The molecule has 0 bridgehead atoms. The van der Waals surface area contributed by atoms with Crippen molar-refractivity contribution in [2.45, 2.75) is 58.4 Å². The molecule has 0 saturated heterocycles. The van der Waals surface area contributed by atoms with Gasteiger partial charge in [-0.1, -0.05) is 6.42 Å². The van der Waals surface area contributed by atoms with Gasteiger partial charge < -0.3 is 31.3 Å². The van der Waals surface area contributed by atoms with E-state index in [1.807, 2.05) is 30.7 Å². The van der Waals surface area contributed by atoms with Crippen LogP contribution in [0.15, 0.2) is 35.0 Å². The van der Waals surface area contributed by atoms with Crippen molar-refractivity contribution in [2.24, 2.45) is 5.92 Å². The number of amides is 3. The molecule has 2 aromatic heterocycles. The van der Waals surface area contributed by atoms with E-state index in [1.165, 1.54) is 29.5 Å². The molecule has 5 N–H and O–H groups in total. The van der Waals surface area contributed by atoms with Crippen molar-refractivity contribution in [3.63, 3.8) is 0 Å². The fraction of sp³-hybridized carbons (Fsp3) is 0.406. The molecule has 0 fully saturated rings. The second-order valence-corrected chi connectivity index (χ2v) is 13.0. The lowest BCUT2D eigenvalue weighted by molar-refractivity contribution is -0.638. The molecule has 15 heteroatoms. The summed E-state index contributed by atoms with van der Waals surface area (Å²) in [7, 11) is -2.75. The highest BCUT2D eigenvalue weighted by Crippen LogP contribution is 2.34. The number of benzene rings is 1. The Hall–Kier alpha value is -3.78. The Morgan fingerprint density at radius 3 is 2.77 bits per heavy atom. The van der Waals surface area contributed by atoms with Crippen molar-refractivity contribution in [3.05, 3.63) is 74.5 Å². The molecule has 1 aromatic carbocycles. The minimum atomic E-state index is -2.75. The van der Waals surface area contributed by atoms with Gasteiger partial charge in [-0.15, -0.1) is 4.52 Å². The summed E-state index contributed by atoms with van der Waals surface area (Å²) in [4.78, 5) is 42.1. The molecule has 3 atom stereocenters. The Morgan fingerprint density at radius 2 is 2.04 bits per heavy atom. The number of carbonyl (C=O) groups excluding carboxylic acids is 3. The molecule has 4 rings (SSSR count). The maximum atomic E-state index is 13.9. The average Bonchev–Trinajstić information content (AvgIpc) is 3.74. The van der Waals surface area contributed by atoms with E-state index in [0.717, 1.165) is 22.4 Å². The number of carbonyl (C=O) groups is 3. The molecule has 3 aromatic rings. The van der Waals surface area contributed by atoms with Gasteiger partial charge in [-0.2, -0.15) is 16.0 Å². The molecule has 1 aliphatic rings. The van der Waals surface area contributed by atoms with Gasteiger partial charge in [0.25, 0.3) is 5.91 Å². The number of hydrogen-bond acceptors (Lipinski definition) is 9. The van der Waals surface area contributed by atoms with Crippen molar-refractivity contribution in [1.29, 1.82) is 0 Å². The molecule has 1 aliphatic heterocycles. The lowest BCUT2D eigenvalue weighted by Gasteiger charge is -2.18. The van der Waals surface area contributed by atoms with Gasteiger partial charge in [0, 0.05) is 59.1 Å². The highest BCUT2D eigenvalue weighted by atomic mass is 32.1. The Morgan fingerprint density at radius 1 is 1.23 bits per heavy atom. The largest absolute Gasteiger partial charge is 0.688 e. The first kappa shape index (κ1) is 36.1. The van der Waals surface area contributed by atoms with Crippen molar-refractivity contribution >= 4 is 54.6 Å². The number of anilines is 1. The van der Waals surface area contributed by atoms with Crippen LogP contribution in [-0.4, -0.2) is 53.6 Å². The minimum Gasteiger partial charge on any atom is -0.672 e. The number of rotatable bonds is 18. The highest BCUT2D eigenvalue weighted by Gasteiger charge is 2.26. The maximum Gasteiger partial charge on any atom is 0.688 e. The van der Waals surface area contributed by atoms with Crippen molar-refractivity contribution in [1.82, 2.24) is 15.6 Å². The molecule has 3 unspecified atom stereocenters. The van der Waals surface area contributed by atoms with E-state index < -0.39 is 20.1 Å². The van der Waals surface area contributed by atoms with Gasteiger partial charge in [0.1, 0.15) is 18.5 Å². The number of aromatic amines is 1. The topological polar surface area (TPSA) is 182 Å². The molecule has 0 radical (unpaired) electrons. The predicted octanol–water partition coefficient (Wildman–Crippen LogP) is 3.85. The third-order valence-electron chi connectivity index (χ3n) is 8.03. The number of aliphatic hydroxyl groups is 1. The molecule has 12 nitrogen and oxygen atoms in total. The fourth-order valence-electron chi connectivity index (χ4n) is 5.45. The van der Waals surface area contributed by atoms with E-state index in [2.05, 4.69) is 25.6 Å². The first-order valence-corrected chi connectivity index (χ1v) is 17.2. The van der Waals surface area contributed by atoms with Crippen LogP contribution in [-0.2, 0) is 41.0 Å². The molecular weight excluding hydrogens is 650 g/mol. The van der Waals surface area contributed by atoms with Crippen LogP contribution in [0, 0.1) is 25.6 Å². The third-order valence-corrected chi connectivity index (χ3v) is 9.25. The zero-order chi connectivity index (χ0) is 33.9. The number of hydrogen-bond donors (Lipinski definition) is 5. The summed E-state index contributed by atoms with van der Waals surface area (Å²) >= 11 is 1.50. The average molecular weight is 689 g/mol. The normalized spacial score (nSPS) is 14.9. The molecule has 0 saturated carbocycles. The number of thiophene rings is 1. The second-order valence-electron chi connectivity index (χ2n) is 11.4.